The molecule has 0 aromatic rings. The number of carbonyl (C=O) groups excluding carboxylic acids is 1. The molecule has 5 atom stereocenters. The van der Waals surface area contributed by atoms with E-state index in [-0.39, 0.29) is 0 Å². The Bertz CT molecular complexity index is 305. The Morgan fingerprint density at radius 3 is 1.95 bits per heavy atom. The van der Waals surface area contributed by atoms with Gasteiger partial charge in [0.05, 0.1) is 6.61 Å². The second-order valence-electron chi connectivity index (χ2n) is 5.31. The van der Waals surface area contributed by atoms with Crippen molar-refractivity contribution in [3.05, 3.63) is 0 Å². The fraction of sp³-hybridized carbons (Fsp3) is 0.909. The molecule has 0 fully saturated rings. The zero-order valence-corrected chi connectivity index (χ0v) is 11.6. The second-order valence-corrected chi connectivity index (χ2v) is 5.31. The molecule has 0 aliphatic heterocycles. The van der Waals surface area contributed by atoms with Gasteiger partial charge in [-0.25, -0.2) is 4.79 Å². The zero-order chi connectivity index (χ0) is 16.1. The van der Waals surface area contributed by atoms with E-state index in [0.717, 1.165) is 0 Å². The van der Waals surface area contributed by atoms with Gasteiger partial charge in [-0.1, -0.05) is 0 Å². The molecule has 0 aliphatic rings. The third kappa shape index (κ3) is 6.46. The number of aliphatic hydroxyl groups excluding tert-OH is 6. The predicted molar refractivity (Wildman–Crippen MR) is 66.5 cm³/mol. The summed E-state index contributed by atoms with van der Waals surface area (Å²) in [7, 11) is 0. The van der Waals surface area contributed by atoms with Crippen molar-refractivity contribution in [2.75, 3.05) is 6.61 Å². The lowest BCUT2D eigenvalue weighted by Gasteiger charge is -2.29. The topological polar surface area (TPSA) is 160 Å². The minimum atomic E-state index is -1.99. The van der Waals surface area contributed by atoms with Gasteiger partial charge in [0.25, 0.3) is 0 Å². The Hall–Kier alpha value is -0.970. The fourth-order valence-corrected chi connectivity index (χ4v) is 1.24. The molecular weight excluding hydrogens is 274 g/mol. The number of rotatable bonds is 6. The van der Waals surface area contributed by atoms with Gasteiger partial charge in [-0.15, -0.1) is 0 Å². The number of ether oxygens (including phenoxy) is 1. The molecule has 9 nitrogen and oxygen atoms in total. The van der Waals surface area contributed by atoms with Crippen LogP contribution < -0.4 is 5.32 Å². The molecule has 0 aliphatic carbocycles. The predicted octanol–water partition coefficient (Wildman–Crippen LogP) is -2.73. The van der Waals surface area contributed by atoms with Crippen molar-refractivity contribution in [3.8, 4) is 0 Å². The van der Waals surface area contributed by atoms with Crippen LogP contribution in [0.1, 0.15) is 20.8 Å². The quantitative estimate of drug-likeness (QED) is 0.260. The van der Waals surface area contributed by atoms with Crippen molar-refractivity contribution < 1.29 is 40.2 Å². The van der Waals surface area contributed by atoms with Crippen LogP contribution in [0.4, 0.5) is 4.79 Å². The van der Waals surface area contributed by atoms with Crippen molar-refractivity contribution in [2.45, 2.75) is 57.0 Å². The SMILES string of the molecule is CC(C)(C)OC(=O)NC(O)[C@H](O)[C@@H](O)[C@H](O)[C@H](O)CO. The number of amides is 1. The van der Waals surface area contributed by atoms with Crippen molar-refractivity contribution in [2.24, 2.45) is 0 Å². The van der Waals surface area contributed by atoms with E-state index in [0.29, 0.717) is 0 Å². The Kier molecular flexibility index (Phi) is 7.34. The molecule has 120 valence electrons. The molecule has 1 amide bonds. The molecule has 0 heterocycles. The van der Waals surface area contributed by atoms with E-state index in [4.69, 9.17) is 14.9 Å². The molecule has 7 N–H and O–H groups in total. The lowest BCUT2D eigenvalue weighted by atomic mass is 10.0. The normalized spacial score (nSPS) is 19.6. The molecular formula is C11H23NO8. The maximum atomic E-state index is 11.3. The highest BCUT2D eigenvalue weighted by atomic mass is 16.6. The van der Waals surface area contributed by atoms with Crippen LogP contribution in [0.15, 0.2) is 0 Å². The average molecular weight is 297 g/mol. The van der Waals surface area contributed by atoms with Gasteiger partial charge >= 0.3 is 6.09 Å². The van der Waals surface area contributed by atoms with Crippen molar-refractivity contribution >= 4 is 6.09 Å². The largest absolute Gasteiger partial charge is 0.444 e. The summed E-state index contributed by atoms with van der Waals surface area (Å²) in [5.41, 5.74) is -0.819. The summed E-state index contributed by atoms with van der Waals surface area (Å²) in [5, 5.41) is 57.4. The Balaban J connectivity index is 4.47. The van der Waals surface area contributed by atoms with E-state index < -0.39 is 48.9 Å². The third-order valence-electron chi connectivity index (χ3n) is 2.27. The van der Waals surface area contributed by atoms with Crippen molar-refractivity contribution in [3.63, 3.8) is 0 Å². The van der Waals surface area contributed by atoms with Crippen LogP contribution >= 0.6 is 0 Å². The highest BCUT2D eigenvalue weighted by molar-refractivity contribution is 5.67. The molecule has 0 spiro atoms. The minimum absolute atomic E-state index is 0.819. The standard InChI is InChI=1S/C11H23NO8/c1-11(2,3)20-10(19)12-9(18)8(17)7(16)6(15)5(14)4-13/h5-9,13-18H,4H2,1-3H3,(H,12,19)/t5-,6-,7+,8-,9?/m1/s1. The summed E-state index contributed by atoms with van der Waals surface area (Å²) in [6.07, 6.45) is -10.5. The molecule has 0 rings (SSSR count). The number of aliphatic hydroxyl groups is 6. The number of nitrogens with one attached hydrogen (secondary N) is 1. The number of alkyl carbamates (subject to hydrolysis) is 1. The first-order valence-electron chi connectivity index (χ1n) is 6.00. The molecule has 0 radical (unpaired) electrons. The van der Waals surface area contributed by atoms with Crippen LogP contribution in [0.5, 0.6) is 0 Å². The van der Waals surface area contributed by atoms with Crippen LogP contribution in [0, 0.1) is 0 Å². The van der Waals surface area contributed by atoms with E-state index in [1.807, 2.05) is 5.32 Å². The molecule has 0 aromatic carbocycles. The molecule has 0 bridgehead atoms. The smallest absolute Gasteiger partial charge is 0.409 e. The molecule has 0 saturated heterocycles. The van der Waals surface area contributed by atoms with E-state index in [1.165, 1.54) is 0 Å². The van der Waals surface area contributed by atoms with Gasteiger partial charge in [-0.05, 0) is 20.8 Å². The second kappa shape index (κ2) is 7.72. The van der Waals surface area contributed by atoms with Crippen LogP contribution in [-0.4, -0.2) is 79.6 Å². The van der Waals surface area contributed by atoms with Gasteiger partial charge in [0.1, 0.15) is 30.0 Å². The fourth-order valence-electron chi connectivity index (χ4n) is 1.24. The summed E-state index contributed by atoms with van der Waals surface area (Å²) in [6, 6.07) is 0. The van der Waals surface area contributed by atoms with Crippen LogP contribution in [0.25, 0.3) is 0 Å². The minimum Gasteiger partial charge on any atom is -0.444 e. The third-order valence-corrected chi connectivity index (χ3v) is 2.27. The van der Waals surface area contributed by atoms with E-state index in [9.17, 15) is 25.2 Å². The highest BCUT2D eigenvalue weighted by Crippen LogP contribution is 2.09. The summed E-state index contributed by atoms with van der Waals surface area (Å²) >= 11 is 0. The van der Waals surface area contributed by atoms with E-state index in [1.54, 1.807) is 20.8 Å². The first-order chi connectivity index (χ1) is 8.99. The van der Waals surface area contributed by atoms with Crippen molar-refractivity contribution in [1.29, 1.82) is 0 Å². The van der Waals surface area contributed by atoms with Crippen molar-refractivity contribution in [1.82, 2.24) is 5.32 Å². The van der Waals surface area contributed by atoms with Crippen LogP contribution in [0.3, 0.4) is 0 Å². The van der Waals surface area contributed by atoms with Gasteiger partial charge in [0.2, 0.25) is 0 Å². The first kappa shape index (κ1) is 19.0. The van der Waals surface area contributed by atoms with E-state index in [2.05, 4.69) is 0 Å². The molecule has 9 heteroatoms. The molecule has 0 saturated carbocycles. The number of hydrogen-bond donors (Lipinski definition) is 7. The molecule has 1 unspecified atom stereocenters. The maximum Gasteiger partial charge on any atom is 0.409 e. The Morgan fingerprint density at radius 2 is 1.55 bits per heavy atom. The molecule has 0 aromatic heterocycles. The monoisotopic (exact) mass is 297 g/mol. The number of carbonyl (C=O) groups is 1. The first-order valence-corrected chi connectivity index (χ1v) is 6.00. The zero-order valence-electron chi connectivity index (χ0n) is 11.6. The average Bonchev–Trinajstić information content (AvgIpc) is 2.32. The lowest BCUT2D eigenvalue weighted by Crippen LogP contribution is -2.55. The van der Waals surface area contributed by atoms with Gasteiger partial charge in [0.15, 0.2) is 6.23 Å². The summed E-state index contributed by atoms with van der Waals surface area (Å²) < 4.78 is 4.81. The van der Waals surface area contributed by atoms with Gasteiger partial charge in [0, 0.05) is 0 Å². The van der Waals surface area contributed by atoms with Gasteiger partial charge < -0.3 is 35.4 Å². The lowest BCUT2D eigenvalue weighted by molar-refractivity contribution is -0.144. The summed E-state index contributed by atoms with van der Waals surface area (Å²) in [5.74, 6) is 0. The Morgan fingerprint density at radius 1 is 1.05 bits per heavy atom. The maximum absolute atomic E-state index is 11.3. The summed E-state index contributed by atoms with van der Waals surface area (Å²) in [6.45, 7) is 3.92. The number of hydrogen-bond acceptors (Lipinski definition) is 8. The van der Waals surface area contributed by atoms with Gasteiger partial charge in [-0.2, -0.15) is 0 Å². The Labute approximate surface area is 116 Å². The highest BCUT2D eigenvalue weighted by Gasteiger charge is 2.35. The summed E-state index contributed by atoms with van der Waals surface area (Å²) in [4.78, 5) is 11.3. The van der Waals surface area contributed by atoms with E-state index >= 15 is 0 Å². The van der Waals surface area contributed by atoms with Gasteiger partial charge in [-0.3, -0.25) is 5.32 Å². The van der Waals surface area contributed by atoms with Crippen LogP contribution in [-0.2, 0) is 4.74 Å². The van der Waals surface area contributed by atoms with Crippen LogP contribution in [0.2, 0.25) is 0 Å². The molecule has 20 heavy (non-hydrogen) atoms.